The first kappa shape index (κ1) is 12.8. The van der Waals surface area contributed by atoms with Gasteiger partial charge in [0.05, 0.1) is 10.5 Å². The normalized spacial score (nSPS) is 10.8. The molecule has 0 saturated heterocycles. The third kappa shape index (κ3) is 2.73. The fourth-order valence-corrected chi connectivity index (χ4v) is 3.20. The van der Waals surface area contributed by atoms with E-state index in [0.29, 0.717) is 5.02 Å². The molecule has 0 fully saturated rings. The molecule has 3 rings (SSSR count). The monoisotopic (exact) mass is 351 g/mol. The summed E-state index contributed by atoms with van der Waals surface area (Å²) in [4.78, 5) is 12.8. The Balaban J connectivity index is 2.06. The second-order valence-electron chi connectivity index (χ2n) is 3.74. The molecule has 3 aromatic rings. The number of para-hydroxylation sites is 1. The molecule has 94 valence electrons. The number of hydrogen-bond donors (Lipinski definition) is 0. The van der Waals surface area contributed by atoms with E-state index in [2.05, 4.69) is 30.9 Å². The molecule has 0 radical (unpaired) electrons. The molecule has 0 saturated carbocycles. The molecule has 0 aliphatic carbocycles. The Morgan fingerprint density at radius 3 is 2.74 bits per heavy atom. The second-order valence-corrected chi connectivity index (χ2v) is 6.04. The van der Waals surface area contributed by atoms with Gasteiger partial charge in [-0.05, 0) is 39.8 Å². The van der Waals surface area contributed by atoms with Crippen LogP contribution in [0, 0.1) is 0 Å². The summed E-state index contributed by atoms with van der Waals surface area (Å²) in [5.74, 6) is 0. The van der Waals surface area contributed by atoms with Gasteiger partial charge < -0.3 is 0 Å². The Morgan fingerprint density at radius 1 is 1.05 bits per heavy atom. The van der Waals surface area contributed by atoms with Crippen LogP contribution in [0.3, 0.4) is 0 Å². The van der Waals surface area contributed by atoms with Gasteiger partial charge in [-0.15, -0.1) is 0 Å². The average Bonchev–Trinajstić information content (AvgIpc) is 2.42. The van der Waals surface area contributed by atoms with Crippen LogP contribution in [0.15, 0.2) is 57.4 Å². The minimum absolute atomic E-state index is 0.599. The molecule has 2 aromatic heterocycles. The summed E-state index contributed by atoms with van der Waals surface area (Å²) in [6, 6.07) is 9.68. The SMILES string of the molecule is Clc1cc(Br)cnc1Sc1ncnc2ccccc12. The van der Waals surface area contributed by atoms with E-state index in [1.165, 1.54) is 11.8 Å². The Labute approximate surface area is 127 Å². The van der Waals surface area contributed by atoms with E-state index in [1.54, 1.807) is 12.5 Å². The number of nitrogens with zero attached hydrogens (tertiary/aromatic N) is 3. The number of aromatic nitrogens is 3. The number of pyridine rings is 1. The molecule has 0 N–H and O–H groups in total. The second kappa shape index (κ2) is 5.45. The van der Waals surface area contributed by atoms with E-state index < -0.39 is 0 Å². The van der Waals surface area contributed by atoms with Crippen LogP contribution in [-0.4, -0.2) is 15.0 Å². The van der Waals surface area contributed by atoms with Crippen molar-refractivity contribution in [1.29, 1.82) is 0 Å². The van der Waals surface area contributed by atoms with Crippen molar-refractivity contribution in [3.63, 3.8) is 0 Å². The summed E-state index contributed by atoms with van der Waals surface area (Å²) in [5.41, 5.74) is 0.910. The third-order valence-electron chi connectivity index (χ3n) is 2.47. The highest BCUT2D eigenvalue weighted by atomic mass is 79.9. The molecule has 0 spiro atoms. The average molecular weight is 353 g/mol. The van der Waals surface area contributed by atoms with Gasteiger partial charge in [-0.1, -0.05) is 29.8 Å². The van der Waals surface area contributed by atoms with Crippen molar-refractivity contribution in [2.75, 3.05) is 0 Å². The van der Waals surface area contributed by atoms with Crippen LogP contribution in [0.4, 0.5) is 0 Å². The zero-order valence-corrected chi connectivity index (χ0v) is 12.7. The number of fused-ring (bicyclic) bond motifs is 1. The van der Waals surface area contributed by atoms with Crippen molar-refractivity contribution in [3.8, 4) is 0 Å². The Hall–Kier alpha value is -1.17. The van der Waals surface area contributed by atoms with Gasteiger partial charge in [0, 0.05) is 16.1 Å². The lowest BCUT2D eigenvalue weighted by Gasteiger charge is -2.05. The van der Waals surface area contributed by atoms with Gasteiger partial charge in [0.25, 0.3) is 0 Å². The van der Waals surface area contributed by atoms with Crippen molar-refractivity contribution < 1.29 is 0 Å². The summed E-state index contributed by atoms with van der Waals surface area (Å²) in [5, 5.41) is 3.17. The maximum Gasteiger partial charge on any atom is 0.121 e. The van der Waals surface area contributed by atoms with Crippen LogP contribution in [0.1, 0.15) is 0 Å². The Kier molecular flexibility index (Phi) is 3.68. The molecule has 19 heavy (non-hydrogen) atoms. The zero-order chi connectivity index (χ0) is 13.2. The third-order valence-corrected chi connectivity index (χ3v) is 4.34. The van der Waals surface area contributed by atoms with Crippen molar-refractivity contribution in [2.24, 2.45) is 0 Å². The van der Waals surface area contributed by atoms with Crippen LogP contribution in [0.2, 0.25) is 5.02 Å². The fourth-order valence-electron chi connectivity index (χ4n) is 1.63. The highest BCUT2D eigenvalue weighted by molar-refractivity contribution is 9.10. The van der Waals surface area contributed by atoms with Gasteiger partial charge >= 0.3 is 0 Å². The van der Waals surface area contributed by atoms with Crippen LogP contribution in [0.5, 0.6) is 0 Å². The lowest BCUT2D eigenvalue weighted by Crippen LogP contribution is -1.88. The zero-order valence-electron chi connectivity index (χ0n) is 9.55. The molecule has 0 aliphatic heterocycles. The van der Waals surface area contributed by atoms with Crippen molar-refractivity contribution >= 4 is 50.2 Å². The molecule has 0 atom stereocenters. The highest BCUT2D eigenvalue weighted by Gasteiger charge is 2.09. The minimum Gasteiger partial charge on any atom is -0.247 e. The van der Waals surface area contributed by atoms with E-state index in [1.807, 2.05) is 30.3 Å². The van der Waals surface area contributed by atoms with E-state index in [-0.39, 0.29) is 0 Å². The summed E-state index contributed by atoms with van der Waals surface area (Å²) in [6.07, 6.45) is 3.27. The standard InChI is InChI=1S/C13H7BrClN3S/c14-8-5-10(15)13(16-6-8)19-12-9-3-1-2-4-11(9)17-7-18-12/h1-7H. The summed E-state index contributed by atoms with van der Waals surface area (Å²) in [6.45, 7) is 0. The lowest BCUT2D eigenvalue weighted by atomic mass is 10.2. The van der Waals surface area contributed by atoms with Gasteiger partial charge in [0.1, 0.15) is 16.4 Å². The van der Waals surface area contributed by atoms with Gasteiger partial charge in [0.15, 0.2) is 0 Å². The molecule has 0 aliphatic rings. The first-order chi connectivity index (χ1) is 9.24. The molecular weight excluding hydrogens is 346 g/mol. The summed E-state index contributed by atoms with van der Waals surface area (Å²) < 4.78 is 0.856. The number of hydrogen-bond acceptors (Lipinski definition) is 4. The predicted molar refractivity (Wildman–Crippen MR) is 80.6 cm³/mol. The predicted octanol–water partition coefficient (Wildman–Crippen LogP) is 4.59. The molecule has 2 heterocycles. The lowest BCUT2D eigenvalue weighted by molar-refractivity contribution is 1.08. The highest BCUT2D eigenvalue weighted by Crippen LogP contribution is 2.34. The maximum atomic E-state index is 6.17. The Morgan fingerprint density at radius 2 is 1.89 bits per heavy atom. The molecule has 3 nitrogen and oxygen atoms in total. The van der Waals surface area contributed by atoms with Crippen molar-refractivity contribution in [1.82, 2.24) is 15.0 Å². The van der Waals surface area contributed by atoms with Gasteiger partial charge in [-0.25, -0.2) is 15.0 Å². The smallest absolute Gasteiger partial charge is 0.121 e. The van der Waals surface area contributed by atoms with Gasteiger partial charge in [0.2, 0.25) is 0 Å². The first-order valence-electron chi connectivity index (χ1n) is 5.43. The van der Waals surface area contributed by atoms with E-state index in [4.69, 9.17) is 11.6 Å². The molecule has 0 bridgehead atoms. The molecule has 0 amide bonds. The number of rotatable bonds is 2. The number of benzene rings is 1. The van der Waals surface area contributed by atoms with Crippen molar-refractivity contribution in [3.05, 3.63) is 52.4 Å². The van der Waals surface area contributed by atoms with E-state index in [9.17, 15) is 0 Å². The van der Waals surface area contributed by atoms with E-state index in [0.717, 1.165) is 25.4 Å². The van der Waals surface area contributed by atoms with E-state index >= 15 is 0 Å². The topological polar surface area (TPSA) is 38.7 Å². The van der Waals surface area contributed by atoms with Crippen LogP contribution in [-0.2, 0) is 0 Å². The molecule has 0 unspecified atom stereocenters. The minimum atomic E-state index is 0.599. The van der Waals surface area contributed by atoms with Gasteiger partial charge in [-0.3, -0.25) is 0 Å². The maximum absolute atomic E-state index is 6.17. The summed E-state index contributed by atoms with van der Waals surface area (Å²) in [7, 11) is 0. The molecule has 6 heteroatoms. The number of halogens is 2. The largest absolute Gasteiger partial charge is 0.247 e. The summed E-state index contributed by atoms with van der Waals surface area (Å²) >= 11 is 11.0. The molecule has 1 aromatic carbocycles. The van der Waals surface area contributed by atoms with Crippen molar-refractivity contribution in [2.45, 2.75) is 10.1 Å². The van der Waals surface area contributed by atoms with Gasteiger partial charge in [-0.2, -0.15) is 0 Å². The van der Waals surface area contributed by atoms with Crippen LogP contribution in [0.25, 0.3) is 10.9 Å². The van der Waals surface area contributed by atoms with Crippen LogP contribution < -0.4 is 0 Å². The quantitative estimate of drug-likeness (QED) is 0.632. The fraction of sp³-hybridized carbons (Fsp3) is 0. The molecular formula is C13H7BrClN3S. The first-order valence-corrected chi connectivity index (χ1v) is 7.41. The van der Waals surface area contributed by atoms with Crippen LogP contribution >= 0.6 is 39.3 Å². The Bertz CT molecular complexity index is 746.